The van der Waals surface area contributed by atoms with Crippen molar-refractivity contribution in [2.75, 3.05) is 40.5 Å². The lowest BCUT2D eigenvalue weighted by molar-refractivity contribution is 0.155. The smallest absolute Gasteiger partial charge is 0.136 e. The van der Waals surface area contributed by atoms with Crippen LogP contribution in [-0.4, -0.2) is 55.6 Å². The minimum atomic E-state index is 0.0552. The van der Waals surface area contributed by atoms with Crippen molar-refractivity contribution in [1.82, 2.24) is 4.90 Å². The molecule has 19 heavy (non-hydrogen) atoms. The SMILES string of the molecule is COc1cc(OC)c(CN(CCO)CCO)cc1Br. The summed E-state index contributed by atoms with van der Waals surface area (Å²) in [5.41, 5.74) is 0.970. The number of benzene rings is 1. The third-order valence-electron chi connectivity index (χ3n) is 2.78. The van der Waals surface area contributed by atoms with Crippen LogP contribution < -0.4 is 9.47 Å². The normalized spacial score (nSPS) is 10.8. The van der Waals surface area contributed by atoms with E-state index in [1.54, 1.807) is 14.2 Å². The second-order valence-corrected chi connectivity index (χ2v) is 4.88. The summed E-state index contributed by atoms with van der Waals surface area (Å²) in [5.74, 6) is 1.43. The Balaban J connectivity index is 2.94. The third kappa shape index (κ3) is 4.65. The van der Waals surface area contributed by atoms with Gasteiger partial charge in [0.1, 0.15) is 11.5 Å². The summed E-state index contributed by atoms with van der Waals surface area (Å²) in [4.78, 5) is 1.96. The Labute approximate surface area is 121 Å². The largest absolute Gasteiger partial charge is 0.496 e. The molecule has 0 saturated carbocycles. The topological polar surface area (TPSA) is 62.2 Å². The molecule has 1 aromatic rings. The van der Waals surface area contributed by atoms with Crippen molar-refractivity contribution in [3.8, 4) is 11.5 Å². The number of aliphatic hydroxyl groups is 2. The molecule has 0 bridgehead atoms. The van der Waals surface area contributed by atoms with Gasteiger partial charge in [0.2, 0.25) is 0 Å². The van der Waals surface area contributed by atoms with E-state index in [1.165, 1.54) is 0 Å². The molecule has 0 spiro atoms. The Hall–Kier alpha value is -0.820. The molecule has 0 amide bonds. The van der Waals surface area contributed by atoms with E-state index < -0.39 is 0 Å². The highest BCUT2D eigenvalue weighted by Gasteiger charge is 2.13. The number of ether oxygens (including phenoxy) is 2. The molecule has 0 aromatic heterocycles. The Morgan fingerprint density at radius 3 is 2.11 bits per heavy atom. The maximum atomic E-state index is 9.02. The number of nitrogens with zero attached hydrogens (tertiary/aromatic N) is 1. The Bertz CT molecular complexity index is 394. The summed E-state index contributed by atoms with van der Waals surface area (Å²) in [5, 5.41) is 18.0. The summed E-state index contributed by atoms with van der Waals surface area (Å²) >= 11 is 3.44. The first-order valence-electron chi connectivity index (χ1n) is 6.00. The Kier molecular flexibility index (Phi) is 7.15. The maximum Gasteiger partial charge on any atom is 0.136 e. The van der Waals surface area contributed by atoms with Gasteiger partial charge < -0.3 is 19.7 Å². The Morgan fingerprint density at radius 1 is 1.05 bits per heavy atom. The predicted octanol–water partition coefficient (Wildman–Crippen LogP) is 1.25. The van der Waals surface area contributed by atoms with E-state index in [1.807, 2.05) is 17.0 Å². The molecular formula is C13H20BrNO4. The molecule has 6 heteroatoms. The van der Waals surface area contributed by atoms with Crippen LogP contribution in [-0.2, 0) is 6.54 Å². The zero-order valence-electron chi connectivity index (χ0n) is 11.2. The lowest BCUT2D eigenvalue weighted by atomic mass is 10.1. The molecule has 5 nitrogen and oxygen atoms in total. The molecule has 0 saturated heterocycles. The second kappa shape index (κ2) is 8.37. The first-order valence-corrected chi connectivity index (χ1v) is 6.80. The lowest BCUT2D eigenvalue weighted by Crippen LogP contribution is -2.29. The summed E-state index contributed by atoms with van der Waals surface area (Å²) < 4.78 is 11.4. The zero-order valence-corrected chi connectivity index (χ0v) is 12.8. The van der Waals surface area contributed by atoms with Crippen LogP contribution in [0.2, 0.25) is 0 Å². The number of hydrogen-bond donors (Lipinski definition) is 2. The van der Waals surface area contributed by atoms with Crippen molar-refractivity contribution in [2.45, 2.75) is 6.54 Å². The molecule has 1 rings (SSSR count). The molecule has 0 aliphatic rings. The van der Waals surface area contributed by atoms with Gasteiger partial charge >= 0.3 is 0 Å². The van der Waals surface area contributed by atoms with Crippen molar-refractivity contribution < 1.29 is 19.7 Å². The highest BCUT2D eigenvalue weighted by atomic mass is 79.9. The summed E-state index contributed by atoms with van der Waals surface area (Å²) in [7, 11) is 3.21. The van der Waals surface area contributed by atoms with Crippen molar-refractivity contribution in [1.29, 1.82) is 0 Å². The molecule has 0 aliphatic carbocycles. The van der Waals surface area contributed by atoms with Gasteiger partial charge in [0.15, 0.2) is 0 Å². The van der Waals surface area contributed by atoms with Crippen LogP contribution in [0.4, 0.5) is 0 Å². The average Bonchev–Trinajstić information content (AvgIpc) is 2.39. The van der Waals surface area contributed by atoms with Gasteiger partial charge in [-0.2, -0.15) is 0 Å². The van der Waals surface area contributed by atoms with E-state index >= 15 is 0 Å². The third-order valence-corrected chi connectivity index (χ3v) is 3.40. The van der Waals surface area contributed by atoms with E-state index in [9.17, 15) is 0 Å². The van der Waals surface area contributed by atoms with Gasteiger partial charge in [0, 0.05) is 31.3 Å². The molecule has 0 fully saturated rings. The van der Waals surface area contributed by atoms with E-state index in [0.29, 0.717) is 25.4 Å². The molecule has 0 heterocycles. The fourth-order valence-corrected chi connectivity index (χ4v) is 2.39. The number of methoxy groups -OCH3 is 2. The van der Waals surface area contributed by atoms with Gasteiger partial charge in [-0.15, -0.1) is 0 Å². The van der Waals surface area contributed by atoms with Crippen molar-refractivity contribution in [3.05, 3.63) is 22.2 Å². The van der Waals surface area contributed by atoms with Crippen LogP contribution >= 0.6 is 15.9 Å². The minimum absolute atomic E-state index is 0.0552. The van der Waals surface area contributed by atoms with E-state index in [0.717, 1.165) is 15.8 Å². The van der Waals surface area contributed by atoms with E-state index in [4.69, 9.17) is 19.7 Å². The van der Waals surface area contributed by atoms with Crippen LogP contribution in [0.25, 0.3) is 0 Å². The number of hydrogen-bond acceptors (Lipinski definition) is 5. The fraction of sp³-hybridized carbons (Fsp3) is 0.538. The first-order chi connectivity index (χ1) is 9.15. The number of aliphatic hydroxyl groups excluding tert-OH is 2. The van der Waals surface area contributed by atoms with Gasteiger partial charge in [-0.1, -0.05) is 0 Å². The molecule has 1 aromatic carbocycles. The zero-order chi connectivity index (χ0) is 14.3. The summed E-state index contributed by atoms with van der Waals surface area (Å²) in [6.45, 7) is 1.72. The molecule has 0 atom stereocenters. The Morgan fingerprint density at radius 2 is 1.63 bits per heavy atom. The molecule has 2 N–H and O–H groups in total. The molecular weight excluding hydrogens is 314 g/mol. The number of rotatable bonds is 8. The molecule has 108 valence electrons. The maximum absolute atomic E-state index is 9.02. The van der Waals surface area contributed by atoms with Crippen molar-refractivity contribution in [2.24, 2.45) is 0 Å². The van der Waals surface area contributed by atoms with Gasteiger partial charge in [0.25, 0.3) is 0 Å². The number of halogens is 1. The van der Waals surface area contributed by atoms with Crippen LogP contribution in [0.15, 0.2) is 16.6 Å². The van der Waals surface area contributed by atoms with E-state index in [2.05, 4.69) is 15.9 Å². The predicted molar refractivity (Wildman–Crippen MR) is 76.7 cm³/mol. The standard InChI is InChI=1S/C13H20BrNO4/c1-18-12-8-13(19-2)11(14)7-10(12)9-15(3-5-16)4-6-17/h7-8,16-17H,3-6,9H2,1-2H3. The first kappa shape index (κ1) is 16.2. The van der Waals surface area contributed by atoms with Crippen molar-refractivity contribution in [3.63, 3.8) is 0 Å². The minimum Gasteiger partial charge on any atom is -0.496 e. The summed E-state index contributed by atoms with van der Waals surface area (Å²) in [6.07, 6.45) is 0. The van der Waals surface area contributed by atoms with Crippen LogP contribution in [0.1, 0.15) is 5.56 Å². The highest BCUT2D eigenvalue weighted by Crippen LogP contribution is 2.33. The van der Waals surface area contributed by atoms with Gasteiger partial charge in [-0.05, 0) is 22.0 Å². The molecule has 0 radical (unpaired) electrons. The molecule has 0 unspecified atom stereocenters. The lowest BCUT2D eigenvalue weighted by Gasteiger charge is -2.22. The van der Waals surface area contributed by atoms with Crippen LogP contribution in [0.3, 0.4) is 0 Å². The quantitative estimate of drug-likeness (QED) is 0.749. The van der Waals surface area contributed by atoms with Gasteiger partial charge in [0.05, 0.1) is 31.9 Å². The highest BCUT2D eigenvalue weighted by molar-refractivity contribution is 9.10. The molecule has 0 aliphatic heterocycles. The van der Waals surface area contributed by atoms with Crippen LogP contribution in [0.5, 0.6) is 11.5 Å². The van der Waals surface area contributed by atoms with Gasteiger partial charge in [-0.3, -0.25) is 4.90 Å². The fourth-order valence-electron chi connectivity index (χ4n) is 1.84. The average molecular weight is 334 g/mol. The van der Waals surface area contributed by atoms with Crippen molar-refractivity contribution >= 4 is 15.9 Å². The van der Waals surface area contributed by atoms with Gasteiger partial charge in [-0.25, -0.2) is 0 Å². The van der Waals surface area contributed by atoms with Crippen LogP contribution in [0, 0.1) is 0 Å². The second-order valence-electron chi connectivity index (χ2n) is 4.02. The monoisotopic (exact) mass is 333 g/mol. The summed E-state index contributed by atoms with van der Waals surface area (Å²) in [6, 6.07) is 3.74. The van der Waals surface area contributed by atoms with E-state index in [-0.39, 0.29) is 13.2 Å².